The van der Waals surface area contributed by atoms with Crippen LogP contribution < -0.4 is 15.6 Å². The van der Waals surface area contributed by atoms with E-state index in [1.165, 1.54) is 0 Å². The number of allylic oxidation sites excluding steroid dienone is 2. The molecule has 5 rings (SSSR count). The van der Waals surface area contributed by atoms with Gasteiger partial charge in [0.15, 0.2) is 5.78 Å². The minimum Gasteiger partial charge on any atom is -0.497 e. The second kappa shape index (κ2) is 7.01. The van der Waals surface area contributed by atoms with Gasteiger partial charge in [0.25, 0.3) is 5.56 Å². The van der Waals surface area contributed by atoms with Gasteiger partial charge >= 0.3 is 0 Å². The highest BCUT2D eigenvalue weighted by Crippen LogP contribution is 2.48. The van der Waals surface area contributed by atoms with Gasteiger partial charge in [-0.3, -0.25) is 14.7 Å². The number of nitrogens with one attached hydrogen (secondary N) is 2. The quantitative estimate of drug-likeness (QED) is 0.666. The van der Waals surface area contributed by atoms with E-state index >= 15 is 0 Å². The molecule has 1 aliphatic heterocycles. The molecule has 0 spiro atoms. The number of ether oxygens (including phenoxy) is 1. The van der Waals surface area contributed by atoms with Gasteiger partial charge in [-0.15, -0.1) is 0 Å². The number of anilines is 1. The molecule has 1 aromatic heterocycles. The predicted octanol–water partition coefficient (Wildman–Crippen LogP) is 4.37. The molecule has 2 aliphatic rings. The number of hydrogen-bond acceptors (Lipinski definition) is 4. The van der Waals surface area contributed by atoms with Gasteiger partial charge in [-0.05, 0) is 41.7 Å². The highest BCUT2D eigenvalue weighted by atomic mass is 16.5. The van der Waals surface area contributed by atoms with Gasteiger partial charge < -0.3 is 10.1 Å². The fourth-order valence-electron chi connectivity index (χ4n) is 4.80. The van der Waals surface area contributed by atoms with E-state index < -0.39 is 5.92 Å². The summed E-state index contributed by atoms with van der Waals surface area (Å²) in [5, 5.41) is 6.63. The Hall–Kier alpha value is -3.54. The maximum Gasteiger partial charge on any atom is 0.277 e. The Bertz CT molecular complexity index is 1260. The van der Waals surface area contributed by atoms with Crippen molar-refractivity contribution in [3.63, 3.8) is 0 Å². The van der Waals surface area contributed by atoms with Crippen LogP contribution >= 0.6 is 0 Å². The van der Waals surface area contributed by atoms with Gasteiger partial charge in [0.2, 0.25) is 0 Å². The molecular formula is C25H25N3O3. The van der Waals surface area contributed by atoms with E-state index in [2.05, 4.69) is 24.3 Å². The van der Waals surface area contributed by atoms with Crippen molar-refractivity contribution < 1.29 is 9.53 Å². The zero-order valence-corrected chi connectivity index (χ0v) is 17.9. The summed E-state index contributed by atoms with van der Waals surface area (Å²) in [6, 6.07) is 17.1. The smallest absolute Gasteiger partial charge is 0.277 e. The molecule has 0 amide bonds. The number of para-hydroxylation sites is 1. The van der Waals surface area contributed by atoms with Gasteiger partial charge in [-0.2, -0.15) is 0 Å². The monoisotopic (exact) mass is 415 g/mol. The van der Waals surface area contributed by atoms with Crippen molar-refractivity contribution in [3.8, 4) is 11.4 Å². The van der Waals surface area contributed by atoms with Crippen molar-refractivity contribution in [3.05, 3.63) is 87.3 Å². The van der Waals surface area contributed by atoms with E-state index in [-0.39, 0.29) is 16.8 Å². The van der Waals surface area contributed by atoms with Crippen LogP contribution in [-0.2, 0) is 4.79 Å². The number of nitrogens with zero attached hydrogens (tertiary/aromatic N) is 1. The fourth-order valence-corrected chi connectivity index (χ4v) is 4.80. The first kappa shape index (κ1) is 19.4. The zero-order valence-electron chi connectivity index (χ0n) is 17.9. The number of carbonyl (C=O) groups excluding carboxylic acids is 1. The van der Waals surface area contributed by atoms with Gasteiger partial charge in [-0.1, -0.05) is 44.2 Å². The molecule has 2 N–H and O–H groups in total. The molecule has 3 aromatic rings. The molecule has 158 valence electrons. The second-order valence-corrected chi connectivity index (χ2v) is 9.04. The number of Topliss-reactive ketones (excluding diaryl/α,β-unsaturated/α-hetero) is 1. The van der Waals surface area contributed by atoms with Crippen LogP contribution in [0.15, 0.2) is 70.7 Å². The molecule has 31 heavy (non-hydrogen) atoms. The van der Waals surface area contributed by atoms with Crippen LogP contribution in [0.4, 0.5) is 5.82 Å². The molecule has 0 saturated carbocycles. The van der Waals surface area contributed by atoms with E-state index in [0.29, 0.717) is 29.1 Å². The predicted molar refractivity (Wildman–Crippen MR) is 120 cm³/mol. The zero-order chi connectivity index (χ0) is 21.8. The number of carbonyl (C=O) groups is 1. The summed E-state index contributed by atoms with van der Waals surface area (Å²) in [4.78, 5) is 26.9. The number of H-pyrrole nitrogens is 1. The number of hydrogen-bond donors (Lipinski definition) is 2. The van der Waals surface area contributed by atoms with E-state index in [1.807, 2.05) is 54.6 Å². The van der Waals surface area contributed by atoms with E-state index in [9.17, 15) is 9.59 Å². The van der Waals surface area contributed by atoms with Crippen LogP contribution in [0.3, 0.4) is 0 Å². The Labute approximate surface area is 180 Å². The number of aromatic amines is 1. The highest BCUT2D eigenvalue weighted by molar-refractivity contribution is 6.01. The Balaban J connectivity index is 1.75. The summed E-state index contributed by atoms with van der Waals surface area (Å²) in [5.41, 5.74) is 3.47. The third-order valence-electron chi connectivity index (χ3n) is 6.14. The summed E-state index contributed by atoms with van der Waals surface area (Å²) >= 11 is 0. The Morgan fingerprint density at radius 3 is 2.55 bits per heavy atom. The number of benzene rings is 2. The lowest BCUT2D eigenvalue weighted by atomic mass is 9.69. The van der Waals surface area contributed by atoms with Crippen molar-refractivity contribution in [2.24, 2.45) is 5.41 Å². The molecule has 6 heteroatoms. The summed E-state index contributed by atoms with van der Waals surface area (Å²) in [5.74, 6) is 0.982. The summed E-state index contributed by atoms with van der Waals surface area (Å²) < 4.78 is 6.97. The molecule has 0 radical (unpaired) electrons. The number of rotatable bonds is 3. The van der Waals surface area contributed by atoms with Gasteiger partial charge in [-0.25, -0.2) is 4.68 Å². The number of aromatic nitrogens is 2. The lowest BCUT2D eigenvalue weighted by molar-refractivity contribution is -0.118. The minimum absolute atomic E-state index is 0.0871. The third kappa shape index (κ3) is 3.19. The highest BCUT2D eigenvalue weighted by Gasteiger charge is 2.43. The Morgan fingerprint density at radius 2 is 1.81 bits per heavy atom. The van der Waals surface area contributed by atoms with Crippen LogP contribution in [0.1, 0.15) is 43.7 Å². The van der Waals surface area contributed by atoms with E-state index in [0.717, 1.165) is 23.4 Å². The fraction of sp³-hybridized carbons (Fsp3) is 0.280. The minimum atomic E-state index is -0.446. The summed E-state index contributed by atoms with van der Waals surface area (Å²) in [6.07, 6.45) is 1.20. The van der Waals surface area contributed by atoms with Crippen molar-refractivity contribution in [2.75, 3.05) is 12.4 Å². The molecule has 0 unspecified atom stereocenters. The van der Waals surface area contributed by atoms with Crippen molar-refractivity contribution in [1.82, 2.24) is 9.78 Å². The standard InChI is InChI=1S/C25H25N3O3/c1-25(2)13-18-21(19(29)14-25)20(15-8-7-11-17(12-15)31-3)22-23(26-18)27-28(24(22)30)16-9-5-4-6-10-16/h4-12,20,26-27H,13-14H2,1-3H3/t20-/m0/s1. The first-order valence-electron chi connectivity index (χ1n) is 10.5. The average Bonchev–Trinajstić information content (AvgIpc) is 3.08. The van der Waals surface area contributed by atoms with Crippen LogP contribution in [0.2, 0.25) is 0 Å². The first-order chi connectivity index (χ1) is 14.9. The number of ketones is 1. The molecule has 0 fully saturated rings. The number of methoxy groups -OCH3 is 1. The van der Waals surface area contributed by atoms with Crippen LogP contribution in [0.25, 0.3) is 5.69 Å². The van der Waals surface area contributed by atoms with Crippen molar-refractivity contribution in [2.45, 2.75) is 32.6 Å². The van der Waals surface area contributed by atoms with Crippen LogP contribution in [0.5, 0.6) is 5.75 Å². The average molecular weight is 415 g/mol. The maximum absolute atomic E-state index is 13.6. The topological polar surface area (TPSA) is 76.1 Å². The third-order valence-corrected chi connectivity index (χ3v) is 6.14. The normalized spacial score (nSPS) is 19.5. The van der Waals surface area contributed by atoms with Crippen LogP contribution in [-0.4, -0.2) is 22.7 Å². The maximum atomic E-state index is 13.6. The SMILES string of the molecule is COc1cccc([C@H]2C3=C(CC(C)(C)CC3=O)Nc3[nH]n(-c4ccccc4)c(=O)c32)c1. The second-order valence-electron chi connectivity index (χ2n) is 9.04. The van der Waals surface area contributed by atoms with Crippen LogP contribution in [0, 0.1) is 5.41 Å². The molecular weight excluding hydrogens is 390 g/mol. The lowest BCUT2D eigenvalue weighted by Crippen LogP contribution is -2.35. The molecule has 0 bridgehead atoms. The summed E-state index contributed by atoms with van der Waals surface area (Å²) in [6.45, 7) is 4.20. The van der Waals surface area contributed by atoms with Gasteiger partial charge in [0.05, 0.1) is 18.4 Å². The molecule has 1 atom stereocenters. The van der Waals surface area contributed by atoms with Gasteiger partial charge in [0.1, 0.15) is 11.6 Å². The van der Waals surface area contributed by atoms with E-state index in [4.69, 9.17) is 4.74 Å². The Morgan fingerprint density at radius 1 is 1.03 bits per heavy atom. The van der Waals surface area contributed by atoms with Gasteiger partial charge in [0, 0.05) is 23.6 Å². The number of fused-ring (bicyclic) bond motifs is 1. The molecule has 2 heterocycles. The molecule has 1 aliphatic carbocycles. The largest absolute Gasteiger partial charge is 0.497 e. The summed E-state index contributed by atoms with van der Waals surface area (Å²) in [7, 11) is 1.62. The molecule has 0 saturated heterocycles. The van der Waals surface area contributed by atoms with E-state index in [1.54, 1.807) is 11.8 Å². The Kier molecular flexibility index (Phi) is 4.39. The molecule has 6 nitrogen and oxygen atoms in total. The van der Waals surface area contributed by atoms with Crippen molar-refractivity contribution >= 4 is 11.6 Å². The lowest BCUT2D eigenvalue weighted by Gasteiger charge is -2.37. The van der Waals surface area contributed by atoms with Crippen molar-refractivity contribution in [1.29, 1.82) is 0 Å². The molecule has 2 aromatic carbocycles. The first-order valence-corrected chi connectivity index (χ1v) is 10.5.